The van der Waals surface area contributed by atoms with Crippen LogP contribution in [0.1, 0.15) is 15.9 Å². The van der Waals surface area contributed by atoms with Gasteiger partial charge in [0.25, 0.3) is 0 Å². The molecule has 1 rings (SSSR count). The lowest BCUT2D eigenvalue weighted by Gasteiger charge is -2.01. The van der Waals surface area contributed by atoms with E-state index in [0.29, 0.717) is 0 Å². The zero-order chi connectivity index (χ0) is 12.6. The van der Waals surface area contributed by atoms with Gasteiger partial charge in [-0.05, 0) is 14.0 Å². The predicted octanol–water partition coefficient (Wildman–Crippen LogP) is 2.58. The number of carbonyl (C=O) groups is 1. The van der Waals surface area contributed by atoms with E-state index < -0.39 is 12.7 Å². The van der Waals surface area contributed by atoms with Crippen LogP contribution in [0.3, 0.4) is 0 Å². The molecule has 0 aliphatic heterocycles. The van der Waals surface area contributed by atoms with Crippen molar-refractivity contribution in [2.75, 3.05) is 13.6 Å². The second-order valence-corrected chi connectivity index (χ2v) is 3.17. The summed E-state index contributed by atoms with van der Waals surface area (Å²) in [7, 11) is 1.26. The molecule has 0 aliphatic carbocycles. The number of alkyl halides is 3. The smallest absolute Gasteiger partial charge is 0.312 e. The Kier molecular flexibility index (Phi) is 6.41. The molecule has 0 bridgehead atoms. The third-order valence-corrected chi connectivity index (χ3v) is 1.59. The Labute approximate surface area is 92.5 Å². The molecule has 0 saturated heterocycles. The van der Waals surface area contributed by atoms with Crippen LogP contribution in [0, 0.1) is 6.92 Å². The van der Waals surface area contributed by atoms with Gasteiger partial charge in [0, 0.05) is 5.56 Å². The van der Waals surface area contributed by atoms with Gasteiger partial charge in [0.15, 0.2) is 0 Å². The van der Waals surface area contributed by atoms with Crippen molar-refractivity contribution in [3.05, 3.63) is 35.4 Å². The average Bonchev–Trinajstić information content (AvgIpc) is 2.18. The molecule has 1 aromatic carbocycles. The van der Waals surface area contributed by atoms with Crippen molar-refractivity contribution in [3.63, 3.8) is 0 Å². The van der Waals surface area contributed by atoms with E-state index in [9.17, 15) is 18.0 Å². The maximum Gasteiger partial charge on any atom is 0.401 e. The molecular weight excluding hydrogens is 219 g/mol. The van der Waals surface area contributed by atoms with Gasteiger partial charge in [0.05, 0.1) is 6.54 Å². The molecular formula is C11H14F3NO. The molecule has 90 valence electrons. The van der Waals surface area contributed by atoms with Crippen molar-refractivity contribution in [2.24, 2.45) is 0 Å². The summed E-state index contributed by atoms with van der Waals surface area (Å²) in [6.07, 6.45) is -3.21. The Morgan fingerprint density at radius 3 is 2.00 bits per heavy atom. The van der Waals surface area contributed by atoms with Gasteiger partial charge in [-0.1, -0.05) is 29.8 Å². The zero-order valence-corrected chi connectivity index (χ0v) is 9.14. The lowest BCUT2D eigenvalue weighted by molar-refractivity contribution is -0.123. The Morgan fingerprint density at radius 1 is 1.25 bits per heavy atom. The summed E-state index contributed by atoms with van der Waals surface area (Å²) < 4.78 is 33.0. The Balaban J connectivity index is 0.000000293. The summed E-state index contributed by atoms with van der Waals surface area (Å²) in [6, 6.07) is 7.46. The van der Waals surface area contributed by atoms with Gasteiger partial charge in [-0.15, -0.1) is 0 Å². The molecule has 0 atom stereocenters. The van der Waals surface area contributed by atoms with Gasteiger partial charge in [-0.3, -0.25) is 4.79 Å². The van der Waals surface area contributed by atoms with Crippen LogP contribution in [0.5, 0.6) is 0 Å². The van der Waals surface area contributed by atoms with Crippen LogP contribution in [0.2, 0.25) is 0 Å². The van der Waals surface area contributed by atoms with Crippen LogP contribution in [0.25, 0.3) is 0 Å². The van der Waals surface area contributed by atoms with E-state index in [2.05, 4.69) is 0 Å². The summed E-state index contributed by atoms with van der Waals surface area (Å²) in [5, 5.41) is 1.98. The number of aryl methyl sites for hydroxylation is 1. The second kappa shape index (κ2) is 7.00. The summed E-state index contributed by atoms with van der Waals surface area (Å²) >= 11 is 0. The van der Waals surface area contributed by atoms with Crippen molar-refractivity contribution in [3.8, 4) is 0 Å². The van der Waals surface area contributed by atoms with E-state index in [0.717, 1.165) is 11.8 Å². The molecule has 0 spiro atoms. The molecule has 16 heavy (non-hydrogen) atoms. The second-order valence-electron chi connectivity index (χ2n) is 3.17. The molecule has 0 radical (unpaired) electrons. The standard InChI is InChI=1S/C8H8O.C3H6F3N/c1-7-2-4-8(6-9)5-3-7;1-7-2-3(4,5)6/h2-6H,1H3;7H,2H2,1H3. The summed E-state index contributed by atoms with van der Waals surface area (Å²) in [5.74, 6) is 0. The van der Waals surface area contributed by atoms with Gasteiger partial charge < -0.3 is 5.32 Å². The molecule has 0 aliphatic rings. The molecule has 1 N–H and O–H groups in total. The molecule has 5 heteroatoms. The third-order valence-electron chi connectivity index (χ3n) is 1.59. The first kappa shape index (κ1) is 14.6. The molecule has 0 saturated carbocycles. The van der Waals surface area contributed by atoms with Crippen molar-refractivity contribution in [1.29, 1.82) is 0 Å². The van der Waals surface area contributed by atoms with Gasteiger partial charge in [0.2, 0.25) is 0 Å². The van der Waals surface area contributed by atoms with Crippen molar-refractivity contribution in [1.82, 2.24) is 5.32 Å². The van der Waals surface area contributed by atoms with E-state index in [1.165, 1.54) is 12.6 Å². The highest BCUT2D eigenvalue weighted by molar-refractivity contribution is 5.74. The minimum Gasteiger partial charge on any atom is -0.312 e. The third kappa shape index (κ3) is 7.99. The lowest BCUT2D eigenvalue weighted by Crippen LogP contribution is -2.25. The normalized spacial score (nSPS) is 10.3. The van der Waals surface area contributed by atoms with E-state index >= 15 is 0 Å². The minimum absolute atomic E-state index is 0.737. The molecule has 0 unspecified atom stereocenters. The highest BCUT2D eigenvalue weighted by Crippen LogP contribution is 2.11. The van der Waals surface area contributed by atoms with E-state index in [1.807, 2.05) is 36.5 Å². The highest BCUT2D eigenvalue weighted by atomic mass is 19.4. The lowest BCUT2D eigenvalue weighted by atomic mass is 10.2. The maximum absolute atomic E-state index is 11.0. The number of benzene rings is 1. The average molecular weight is 233 g/mol. The van der Waals surface area contributed by atoms with E-state index in [-0.39, 0.29) is 0 Å². The SMILES string of the molecule is CNCC(F)(F)F.Cc1ccc(C=O)cc1. The van der Waals surface area contributed by atoms with Crippen molar-refractivity contribution in [2.45, 2.75) is 13.1 Å². The van der Waals surface area contributed by atoms with Crippen LogP contribution in [0.15, 0.2) is 24.3 Å². The number of hydrogen-bond donors (Lipinski definition) is 1. The Hall–Kier alpha value is -1.36. The Bertz CT molecular complexity index is 306. The predicted molar refractivity (Wildman–Crippen MR) is 56.5 cm³/mol. The molecule has 0 aromatic heterocycles. The molecule has 0 amide bonds. The Morgan fingerprint density at radius 2 is 1.75 bits per heavy atom. The monoisotopic (exact) mass is 233 g/mol. The number of hydrogen-bond acceptors (Lipinski definition) is 2. The fourth-order valence-electron chi connectivity index (χ4n) is 0.845. The quantitative estimate of drug-likeness (QED) is 0.795. The number of aldehydes is 1. The van der Waals surface area contributed by atoms with Crippen LogP contribution in [-0.4, -0.2) is 26.1 Å². The van der Waals surface area contributed by atoms with Crippen LogP contribution >= 0.6 is 0 Å². The first-order valence-electron chi connectivity index (χ1n) is 4.62. The van der Waals surface area contributed by atoms with E-state index in [4.69, 9.17) is 0 Å². The first-order valence-corrected chi connectivity index (χ1v) is 4.62. The largest absolute Gasteiger partial charge is 0.401 e. The van der Waals surface area contributed by atoms with Crippen molar-refractivity contribution < 1.29 is 18.0 Å². The van der Waals surface area contributed by atoms with Crippen LogP contribution in [0.4, 0.5) is 13.2 Å². The maximum atomic E-state index is 11.0. The fourth-order valence-corrected chi connectivity index (χ4v) is 0.845. The van der Waals surface area contributed by atoms with Crippen LogP contribution in [-0.2, 0) is 0 Å². The van der Waals surface area contributed by atoms with E-state index in [1.54, 1.807) is 0 Å². The number of rotatable bonds is 2. The van der Waals surface area contributed by atoms with Gasteiger partial charge in [-0.2, -0.15) is 13.2 Å². The number of carbonyl (C=O) groups excluding carboxylic acids is 1. The van der Waals surface area contributed by atoms with Gasteiger partial charge >= 0.3 is 6.18 Å². The molecule has 1 aromatic rings. The molecule has 2 nitrogen and oxygen atoms in total. The van der Waals surface area contributed by atoms with Gasteiger partial charge in [-0.25, -0.2) is 0 Å². The summed E-state index contributed by atoms with van der Waals surface area (Å²) in [4.78, 5) is 10.1. The topological polar surface area (TPSA) is 29.1 Å². The first-order chi connectivity index (χ1) is 7.39. The fraction of sp³-hybridized carbons (Fsp3) is 0.364. The van der Waals surface area contributed by atoms with Gasteiger partial charge in [0.1, 0.15) is 6.29 Å². The summed E-state index contributed by atoms with van der Waals surface area (Å²) in [5.41, 5.74) is 1.92. The number of halogens is 3. The number of nitrogens with one attached hydrogen (secondary N) is 1. The van der Waals surface area contributed by atoms with Crippen LogP contribution < -0.4 is 5.32 Å². The minimum atomic E-state index is -4.06. The summed E-state index contributed by atoms with van der Waals surface area (Å²) in [6.45, 7) is 1.08. The zero-order valence-electron chi connectivity index (χ0n) is 9.14. The highest BCUT2D eigenvalue weighted by Gasteiger charge is 2.24. The molecule has 0 fully saturated rings. The molecule has 0 heterocycles. The van der Waals surface area contributed by atoms with Crippen molar-refractivity contribution >= 4 is 6.29 Å².